The highest BCUT2D eigenvalue weighted by atomic mass is 35.5. The Bertz CT molecular complexity index is 682. The first-order chi connectivity index (χ1) is 9.54. The quantitative estimate of drug-likeness (QED) is 0.749. The first kappa shape index (κ1) is 14.7. The van der Waals surface area contributed by atoms with Crippen molar-refractivity contribution in [2.75, 3.05) is 6.61 Å². The van der Waals surface area contributed by atoms with Crippen LogP contribution in [0.15, 0.2) is 24.3 Å². The lowest BCUT2D eigenvalue weighted by Crippen LogP contribution is -2.32. The van der Waals surface area contributed by atoms with Gasteiger partial charge >= 0.3 is 0 Å². The van der Waals surface area contributed by atoms with E-state index in [1.54, 1.807) is 35.9 Å². The number of rotatable bonds is 4. The van der Waals surface area contributed by atoms with Crippen molar-refractivity contribution >= 4 is 29.7 Å². The number of carbonyl (C=O) groups is 1. The number of H-pyrrole nitrogens is 1. The number of nitrogens with one attached hydrogen (secondary N) is 2. The summed E-state index contributed by atoms with van der Waals surface area (Å²) in [4.78, 5) is 12.1. The maximum absolute atomic E-state index is 12.1. The van der Waals surface area contributed by atoms with E-state index in [1.165, 1.54) is 0 Å². The minimum atomic E-state index is -0.670. The molecule has 8 heteroatoms. The van der Waals surface area contributed by atoms with Gasteiger partial charge in [0.15, 0.2) is 10.6 Å². The highest BCUT2D eigenvalue weighted by Gasteiger charge is 2.20. The maximum atomic E-state index is 12.1. The van der Waals surface area contributed by atoms with Crippen LogP contribution in [0, 0.1) is 4.77 Å². The third-order valence-corrected chi connectivity index (χ3v) is 3.53. The van der Waals surface area contributed by atoms with Crippen LogP contribution in [0.5, 0.6) is 0 Å². The highest BCUT2D eigenvalue weighted by molar-refractivity contribution is 7.71. The van der Waals surface area contributed by atoms with Crippen molar-refractivity contribution in [3.8, 4) is 0 Å². The van der Waals surface area contributed by atoms with Gasteiger partial charge in [0, 0.05) is 7.05 Å². The lowest BCUT2D eigenvalue weighted by atomic mass is 10.2. The molecule has 1 atom stereocenters. The van der Waals surface area contributed by atoms with E-state index < -0.39 is 6.04 Å². The Morgan fingerprint density at radius 3 is 2.85 bits per heavy atom. The third kappa shape index (κ3) is 2.90. The minimum Gasteiger partial charge on any atom is -0.394 e. The number of amides is 1. The molecule has 6 nitrogen and oxygen atoms in total. The molecule has 0 aliphatic carbocycles. The average Bonchev–Trinajstić information content (AvgIpc) is 2.77. The molecule has 0 unspecified atom stereocenters. The molecule has 1 amide bonds. The van der Waals surface area contributed by atoms with E-state index in [-0.39, 0.29) is 12.5 Å². The highest BCUT2D eigenvalue weighted by Crippen LogP contribution is 2.16. The average molecular weight is 313 g/mol. The van der Waals surface area contributed by atoms with E-state index in [1.807, 2.05) is 0 Å². The lowest BCUT2D eigenvalue weighted by molar-refractivity contribution is 0.0912. The van der Waals surface area contributed by atoms with Gasteiger partial charge in [-0.1, -0.05) is 23.7 Å². The van der Waals surface area contributed by atoms with Crippen molar-refractivity contribution in [2.24, 2.45) is 7.05 Å². The number of nitrogens with zero attached hydrogens (tertiary/aromatic N) is 2. The van der Waals surface area contributed by atoms with Crippen LogP contribution >= 0.6 is 23.8 Å². The van der Waals surface area contributed by atoms with Gasteiger partial charge in [0.05, 0.1) is 17.2 Å². The fourth-order valence-corrected chi connectivity index (χ4v) is 2.10. The van der Waals surface area contributed by atoms with Gasteiger partial charge in [0.1, 0.15) is 6.04 Å². The van der Waals surface area contributed by atoms with Gasteiger partial charge in [0.25, 0.3) is 5.91 Å². The number of hydrogen-bond donors (Lipinski definition) is 3. The first-order valence-corrected chi connectivity index (χ1v) is 6.60. The molecule has 0 spiro atoms. The number of halogens is 1. The van der Waals surface area contributed by atoms with E-state index in [2.05, 4.69) is 15.5 Å². The molecule has 2 rings (SSSR count). The summed E-state index contributed by atoms with van der Waals surface area (Å²) in [5.41, 5.74) is 0.337. The molecule has 2 aromatic rings. The van der Waals surface area contributed by atoms with Crippen LogP contribution in [-0.4, -0.2) is 32.4 Å². The van der Waals surface area contributed by atoms with Crippen LogP contribution < -0.4 is 5.32 Å². The number of hydrogen-bond acceptors (Lipinski definition) is 4. The topological polar surface area (TPSA) is 82.9 Å². The molecule has 1 aromatic heterocycles. The SMILES string of the molecule is Cn1c([C@@H](CO)NC(=O)c2ccccc2Cl)n[nH]c1=S. The summed E-state index contributed by atoms with van der Waals surface area (Å²) in [5, 5.41) is 19.0. The van der Waals surface area contributed by atoms with Gasteiger partial charge < -0.3 is 15.0 Å². The van der Waals surface area contributed by atoms with Gasteiger partial charge in [0.2, 0.25) is 0 Å². The normalized spacial score (nSPS) is 12.2. The van der Waals surface area contributed by atoms with Crippen LogP contribution in [-0.2, 0) is 7.05 Å². The molecule has 1 aromatic carbocycles. The Balaban J connectivity index is 2.23. The van der Waals surface area contributed by atoms with Crippen molar-refractivity contribution < 1.29 is 9.90 Å². The molecule has 0 aliphatic rings. The fourth-order valence-electron chi connectivity index (χ4n) is 1.74. The Labute approximate surface area is 125 Å². The molecule has 0 saturated heterocycles. The number of aromatic nitrogens is 3. The minimum absolute atomic E-state index is 0.302. The first-order valence-electron chi connectivity index (χ1n) is 5.82. The van der Waals surface area contributed by atoms with Crippen molar-refractivity contribution in [1.29, 1.82) is 0 Å². The number of benzene rings is 1. The summed E-state index contributed by atoms with van der Waals surface area (Å²) in [5.74, 6) is 0.0569. The fraction of sp³-hybridized carbons (Fsp3) is 0.250. The van der Waals surface area contributed by atoms with Gasteiger partial charge in [-0.15, -0.1) is 0 Å². The van der Waals surface area contributed by atoms with E-state index in [4.69, 9.17) is 23.8 Å². The summed E-state index contributed by atoms with van der Waals surface area (Å²) in [6, 6.07) is 6.01. The van der Waals surface area contributed by atoms with Crippen LogP contribution in [0.3, 0.4) is 0 Å². The number of aliphatic hydroxyl groups excluding tert-OH is 1. The summed E-state index contributed by atoms with van der Waals surface area (Å²) >= 11 is 11.0. The maximum Gasteiger partial charge on any atom is 0.253 e. The zero-order chi connectivity index (χ0) is 14.7. The molecular weight excluding hydrogens is 300 g/mol. The van der Waals surface area contributed by atoms with E-state index in [9.17, 15) is 9.90 Å². The molecule has 0 radical (unpaired) electrons. The van der Waals surface area contributed by atoms with Gasteiger partial charge in [-0.2, -0.15) is 5.10 Å². The zero-order valence-electron chi connectivity index (χ0n) is 10.6. The summed E-state index contributed by atoms with van der Waals surface area (Å²) in [6.45, 7) is -0.302. The lowest BCUT2D eigenvalue weighted by Gasteiger charge is -2.15. The predicted octanol–water partition coefficient (Wildman–Crippen LogP) is 1.59. The van der Waals surface area contributed by atoms with Crippen LogP contribution in [0.25, 0.3) is 0 Å². The molecule has 0 bridgehead atoms. The molecular formula is C12H13ClN4O2S. The molecule has 0 aliphatic heterocycles. The largest absolute Gasteiger partial charge is 0.394 e. The summed E-state index contributed by atoms with van der Waals surface area (Å²) < 4.78 is 1.99. The van der Waals surface area contributed by atoms with Crippen LogP contribution in [0.1, 0.15) is 22.2 Å². The van der Waals surface area contributed by atoms with E-state index in [0.29, 0.717) is 21.2 Å². The van der Waals surface area contributed by atoms with Crippen molar-refractivity contribution in [1.82, 2.24) is 20.1 Å². The molecule has 1 heterocycles. The van der Waals surface area contributed by atoms with E-state index >= 15 is 0 Å². The van der Waals surface area contributed by atoms with Gasteiger partial charge in [-0.3, -0.25) is 9.89 Å². The zero-order valence-corrected chi connectivity index (χ0v) is 12.2. The van der Waals surface area contributed by atoms with Gasteiger partial charge in [-0.05, 0) is 24.4 Å². The second kappa shape index (κ2) is 6.17. The number of carbonyl (C=O) groups excluding carboxylic acids is 1. The van der Waals surface area contributed by atoms with Gasteiger partial charge in [-0.25, -0.2) is 0 Å². The van der Waals surface area contributed by atoms with E-state index in [0.717, 1.165) is 0 Å². The summed E-state index contributed by atoms with van der Waals surface area (Å²) in [7, 11) is 1.70. The number of aliphatic hydroxyl groups is 1. The molecule has 0 fully saturated rings. The van der Waals surface area contributed by atoms with Crippen molar-refractivity contribution in [2.45, 2.75) is 6.04 Å². The molecule has 106 valence electrons. The van der Waals surface area contributed by atoms with Crippen LogP contribution in [0.2, 0.25) is 5.02 Å². The predicted molar refractivity (Wildman–Crippen MR) is 77.1 cm³/mol. The standard InChI is InChI=1S/C12H13ClN4O2S/c1-17-10(15-16-12(17)20)9(6-18)14-11(19)7-4-2-3-5-8(7)13/h2-5,9,18H,6H2,1H3,(H,14,19)(H,16,20)/t9-/m1/s1. The smallest absolute Gasteiger partial charge is 0.253 e. The van der Waals surface area contributed by atoms with Crippen LogP contribution in [0.4, 0.5) is 0 Å². The molecule has 3 N–H and O–H groups in total. The summed E-state index contributed by atoms with van der Waals surface area (Å²) in [6.07, 6.45) is 0. The van der Waals surface area contributed by atoms with Crippen molar-refractivity contribution in [3.05, 3.63) is 45.4 Å². The monoisotopic (exact) mass is 312 g/mol. The number of aromatic amines is 1. The third-order valence-electron chi connectivity index (χ3n) is 2.83. The van der Waals surface area contributed by atoms with Crippen molar-refractivity contribution in [3.63, 3.8) is 0 Å². The Morgan fingerprint density at radius 1 is 1.60 bits per heavy atom. The molecule has 0 saturated carbocycles. The Hall–Kier alpha value is -1.70. The second-order valence-electron chi connectivity index (χ2n) is 4.13. The molecule has 20 heavy (non-hydrogen) atoms. The second-order valence-corrected chi connectivity index (χ2v) is 4.93. The Morgan fingerprint density at radius 2 is 2.30 bits per heavy atom. The Kier molecular flexibility index (Phi) is 4.53.